The Balaban J connectivity index is 3.67. The van der Waals surface area contributed by atoms with E-state index in [4.69, 9.17) is 9.47 Å². The summed E-state index contributed by atoms with van der Waals surface area (Å²) in [5.74, 6) is -0.640. The fourth-order valence-corrected chi connectivity index (χ4v) is 5.56. The van der Waals surface area contributed by atoms with Gasteiger partial charge in [0.15, 0.2) is 6.10 Å². The summed E-state index contributed by atoms with van der Waals surface area (Å²) in [6.45, 7) is 3.89. The van der Waals surface area contributed by atoms with E-state index in [1.807, 2.05) is 0 Å². The predicted octanol–water partition coefficient (Wildman–Crippen LogP) is 15.0. The molecule has 0 rings (SSSR count). The van der Waals surface area contributed by atoms with Gasteiger partial charge in [-0.25, -0.2) is 0 Å². The number of aliphatic hydroxyl groups excluding tert-OH is 1. The van der Waals surface area contributed by atoms with Crippen molar-refractivity contribution in [1.29, 1.82) is 0 Å². The Hall–Kier alpha value is -3.96. The quantitative estimate of drug-likeness (QED) is 0.0381. The molecule has 0 aliphatic carbocycles. The number of hydrogen-bond donors (Lipinski definition) is 1. The Morgan fingerprint density at radius 3 is 1.12 bits per heavy atom. The first-order valence-corrected chi connectivity index (χ1v) is 22.7. The molecule has 1 unspecified atom stereocenters. The van der Waals surface area contributed by atoms with Gasteiger partial charge in [0.25, 0.3) is 0 Å². The zero-order chi connectivity index (χ0) is 42.1. The van der Waals surface area contributed by atoms with Crippen molar-refractivity contribution in [3.63, 3.8) is 0 Å². The van der Waals surface area contributed by atoms with E-state index < -0.39 is 6.10 Å². The Kier molecular flexibility index (Phi) is 44.2. The van der Waals surface area contributed by atoms with E-state index in [9.17, 15) is 14.7 Å². The third-order valence-electron chi connectivity index (χ3n) is 8.96. The van der Waals surface area contributed by atoms with E-state index >= 15 is 0 Å². The van der Waals surface area contributed by atoms with Crippen LogP contribution in [0.15, 0.2) is 134 Å². The minimum atomic E-state index is -0.785. The van der Waals surface area contributed by atoms with Crippen molar-refractivity contribution in [2.45, 2.75) is 174 Å². The maximum Gasteiger partial charge on any atom is 0.306 e. The van der Waals surface area contributed by atoms with Crippen molar-refractivity contribution in [3.8, 4) is 0 Å². The molecule has 0 aromatic heterocycles. The first kappa shape index (κ1) is 54.0. The van der Waals surface area contributed by atoms with E-state index in [1.54, 1.807) is 0 Å². The van der Waals surface area contributed by atoms with Gasteiger partial charge in [-0.15, -0.1) is 0 Å². The number of aliphatic hydroxyl groups is 1. The standard InChI is InChI=1S/C53H82O5/c1-3-5-7-9-10-11-12-13-14-15-16-17-18-19-20-21-22-23-24-25-26-27-28-29-30-31-32-33-34-35-36-37-38-39-40-41-42-44-46-48-53(56)58-51(49-54)50-57-52(55)47-45-43-8-6-4-2/h5,7,10-11,13-14,16-17,19-20,22-23,25-26,28-29,31-32,34-35,37-38,51,54H,3-4,6,8-9,12,15,18,21,24,27,30,33,36,39-50H2,1-2H3/b7-5-,11-10-,14-13-,17-16-,20-19-,23-22-,26-25-,29-28-,32-31-,35-34-,38-37-. The van der Waals surface area contributed by atoms with Gasteiger partial charge in [-0.1, -0.05) is 192 Å². The first-order chi connectivity index (χ1) is 28.6. The van der Waals surface area contributed by atoms with E-state index in [2.05, 4.69) is 148 Å². The Morgan fingerprint density at radius 1 is 0.414 bits per heavy atom. The maximum absolute atomic E-state index is 12.1. The number of carbonyl (C=O) groups excluding carboxylic acids is 2. The van der Waals surface area contributed by atoms with Gasteiger partial charge in [-0.3, -0.25) is 9.59 Å². The third-order valence-corrected chi connectivity index (χ3v) is 8.96. The average molecular weight is 799 g/mol. The number of rotatable bonds is 39. The molecule has 0 aliphatic rings. The van der Waals surface area contributed by atoms with Crippen LogP contribution in [0.4, 0.5) is 0 Å². The number of unbranched alkanes of at least 4 members (excludes halogenated alkanes) is 9. The summed E-state index contributed by atoms with van der Waals surface area (Å²) in [6, 6.07) is 0. The van der Waals surface area contributed by atoms with Crippen molar-refractivity contribution in [3.05, 3.63) is 134 Å². The SMILES string of the molecule is CC/C=C\C/C=C\C/C=C\C/C=C\C/C=C\C/C=C\C/C=C\C/C=C\C/C=C\C/C=C\C/C=C\CCCCCCCC(=O)OC(CO)COC(=O)CCCCCCC. The van der Waals surface area contributed by atoms with Crippen molar-refractivity contribution >= 4 is 11.9 Å². The molecule has 0 heterocycles. The molecule has 0 fully saturated rings. The monoisotopic (exact) mass is 799 g/mol. The second-order valence-electron chi connectivity index (χ2n) is 14.4. The minimum Gasteiger partial charge on any atom is -0.462 e. The van der Waals surface area contributed by atoms with Crippen LogP contribution < -0.4 is 0 Å². The topological polar surface area (TPSA) is 72.8 Å². The molecule has 1 N–H and O–H groups in total. The second kappa shape index (κ2) is 47.4. The lowest BCUT2D eigenvalue weighted by molar-refractivity contribution is -0.161. The molecule has 0 saturated heterocycles. The van der Waals surface area contributed by atoms with Gasteiger partial charge in [-0.05, 0) is 96.3 Å². The largest absolute Gasteiger partial charge is 0.462 e. The summed E-state index contributed by atoms with van der Waals surface area (Å²) in [4.78, 5) is 24.0. The van der Waals surface area contributed by atoms with Gasteiger partial charge in [0.05, 0.1) is 6.61 Å². The van der Waals surface area contributed by atoms with Gasteiger partial charge in [0, 0.05) is 12.8 Å². The van der Waals surface area contributed by atoms with Crippen molar-refractivity contribution in [1.82, 2.24) is 0 Å². The molecule has 0 aromatic carbocycles. The fraction of sp³-hybridized carbons (Fsp3) is 0.547. The van der Waals surface area contributed by atoms with Gasteiger partial charge >= 0.3 is 11.9 Å². The summed E-state index contributed by atoms with van der Waals surface area (Å²) in [7, 11) is 0. The van der Waals surface area contributed by atoms with Crippen LogP contribution in [0, 0.1) is 0 Å². The number of esters is 2. The molecule has 0 saturated carbocycles. The highest BCUT2D eigenvalue weighted by atomic mass is 16.6. The van der Waals surface area contributed by atoms with E-state index in [0.717, 1.165) is 135 Å². The molecule has 0 spiro atoms. The zero-order valence-corrected chi connectivity index (χ0v) is 36.7. The van der Waals surface area contributed by atoms with Crippen molar-refractivity contribution in [2.75, 3.05) is 13.2 Å². The molecule has 0 aromatic rings. The van der Waals surface area contributed by atoms with Crippen LogP contribution in [0.2, 0.25) is 0 Å². The lowest BCUT2D eigenvalue weighted by atomic mass is 10.1. The normalized spacial score (nSPS) is 13.5. The van der Waals surface area contributed by atoms with Gasteiger partial charge < -0.3 is 14.6 Å². The van der Waals surface area contributed by atoms with Gasteiger partial charge in [0.2, 0.25) is 0 Å². The van der Waals surface area contributed by atoms with Crippen molar-refractivity contribution < 1.29 is 24.2 Å². The summed E-state index contributed by atoms with van der Waals surface area (Å²) in [6.07, 6.45) is 71.5. The highest BCUT2D eigenvalue weighted by Gasteiger charge is 2.16. The highest BCUT2D eigenvalue weighted by molar-refractivity contribution is 5.70. The van der Waals surface area contributed by atoms with Crippen LogP contribution in [0.25, 0.3) is 0 Å². The zero-order valence-electron chi connectivity index (χ0n) is 36.7. The molecule has 0 radical (unpaired) electrons. The molecule has 5 heteroatoms. The molecule has 58 heavy (non-hydrogen) atoms. The van der Waals surface area contributed by atoms with Gasteiger partial charge in [-0.2, -0.15) is 0 Å². The number of allylic oxidation sites excluding steroid dienone is 22. The fourth-order valence-electron chi connectivity index (χ4n) is 5.56. The minimum absolute atomic E-state index is 0.0823. The Bertz CT molecular complexity index is 1270. The lowest BCUT2D eigenvalue weighted by Gasteiger charge is -2.15. The molecule has 324 valence electrons. The van der Waals surface area contributed by atoms with E-state index in [0.29, 0.717) is 12.8 Å². The van der Waals surface area contributed by atoms with E-state index in [1.165, 1.54) is 6.42 Å². The number of hydrogen-bond acceptors (Lipinski definition) is 5. The molecular formula is C53H82O5. The summed E-state index contributed by atoms with van der Waals surface area (Å²) < 4.78 is 10.5. The molecule has 1 atom stereocenters. The second-order valence-corrected chi connectivity index (χ2v) is 14.4. The summed E-state index contributed by atoms with van der Waals surface area (Å²) in [5.41, 5.74) is 0. The Morgan fingerprint density at radius 2 is 0.741 bits per heavy atom. The van der Waals surface area contributed by atoms with Crippen LogP contribution in [-0.2, 0) is 19.1 Å². The average Bonchev–Trinajstić information content (AvgIpc) is 3.23. The number of carbonyl (C=O) groups is 2. The third kappa shape index (κ3) is 44.8. The van der Waals surface area contributed by atoms with Crippen LogP contribution in [0.1, 0.15) is 168 Å². The lowest BCUT2D eigenvalue weighted by Crippen LogP contribution is -2.28. The van der Waals surface area contributed by atoms with Crippen LogP contribution in [0.5, 0.6) is 0 Å². The summed E-state index contributed by atoms with van der Waals surface area (Å²) >= 11 is 0. The summed E-state index contributed by atoms with van der Waals surface area (Å²) in [5, 5.41) is 9.48. The van der Waals surface area contributed by atoms with E-state index in [-0.39, 0.29) is 25.2 Å². The first-order valence-electron chi connectivity index (χ1n) is 22.7. The van der Waals surface area contributed by atoms with Crippen molar-refractivity contribution in [2.24, 2.45) is 0 Å². The maximum atomic E-state index is 12.1. The molecule has 0 aliphatic heterocycles. The number of ether oxygens (including phenoxy) is 2. The molecular weight excluding hydrogens is 717 g/mol. The molecule has 0 amide bonds. The van der Waals surface area contributed by atoms with Crippen LogP contribution in [0.3, 0.4) is 0 Å². The predicted molar refractivity (Wildman–Crippen MR) is 251 cm³/mol. The molecule has 5 nitrogen and oxygen atoms in total. The Labute approximate surface area is 355 Å². The van der Waals surface area contributed by atoms with Crippen LogP contribution in [-0.4, -0.2) is 36.4 Å². The molecule has 0 bridgehead atoms. The van der Waals surface area contributed by atoms with Gasteiger partial charge in [0.1, 0.15) is 6.61 Å². The van der Waals surface area contributed by atoms with Crippen LogP contribution >= 0.6 is 0 Å². The highest BCUT2D eigenvalue weighted by Crippen LogP contribution is 2.10. The smallest absolute Gasteiger partial charge is 0.306 e.